The van der Waals surface area contributed by atoms with Crippen molar-refractivity contribution in [2.24, 2.45) is 17.7 Å². The smallest absolute Gasteiger partial charge is 0.142 e. The van der Waals surface area contributed by atoms with Gasteiger partial charge in [-0.3, -0.25) is 11.3 Å². The van der Waals surface area contributed by atoms with Crippen LogP contribution in [0.25, 0.3) is 0 Å². The van der Waals surface area contributed by atoms with E-state index in [9.17, 15) is 4.39 Å². The van der Waals surface area contributed by atoms with Crippen LogP contribution >= 0.6 is 15.9 Å². The Hall–Kier alpha value is -0.450. The highest BCUT2D eigenvalue weighted by Gasteiger charge is 2.31. The van der Waals surface area contributed by atoms with Crippen molar-refractivity contribution in [1.82, 2.24) is 5.43 Å². The molecule has 0 aromatic heterocycles. The van der Waals surface area contributed by atoms with E-state index in [0.717, 1.165) is 18.8 Å². The third-order valence-corrected chi connectivity index (χ3v) is 4.74. The summed E-state index contributed by atoms with van der Waals surface area (Å²) in [4.78, 5) is 0. The average molecular weight is 315 g/mol. The zero-order chi connectivity index (χ0) is 13.1. The Bertz CT molecular complexity index is 411. The maximum atomic E-state index is 14.1. The Morgan fingerprint density at radius 1 is 1.50 bits per heavy atom. The van der Waals surface area contributed by atoms with Crippen LogP contribution in [0.1, 0.15) is 44.2 Å². The summed E-state index contributed by atoms with van der Waals surface area (Å²) in [6.45, 7) is 2.22. The maximum Gasteiger partial charge on any atom is 0.142 e. The standard InChI is InChI=1S/C14H20BrFN2/c1-2-9-6-7-10(8-9)14(18-17)11-4-3-5-12(15)13(11)16/h3-5,9-10,14,18H,2,6-8,17H2,1H3. The molecule has 3 N–H and O–H groups in total. The summed E-state index contributed by atoms with van der Waals surface area (Å²) in [5.74, 6) is 6.66. The highest BCUT2D eigenvalue weighted by Crippen LogP contribution is 2.41. The first-order chi connectivity index (χ1) is 8.67. The minimum absolute atomic E-state index is 0.0842. The van der Waals surface area contributed by atoms with Crippen LogP contribution in [-0.4, -0.2) is 0 Å². The molecule has 100 valence electrons. The van der Waals surface area contributed by atoms with Gasteiger partial charge in [-0.2, -0.15) is 0 Å². The summed E-state index contributed by atoms with van der Waals surface area (Å²) < 4.78 is 14.6. The van der Waals surface area contributed by atoms with Gasteiger partial charge < -0.3 is 0 Å². The van der Waals surface area contributed by atoms with Gasteiger partial charge in [-0.15, -0.1) is 0 Å². The molecule has 0 bridgehead atoms. The topological polar surface area (TPSA) is 38.0 Å². The molecule has 18 heavy (non-hydrogen) atoms. The molecule has 0 heterocycles. The van der Waals surface area contributed by atoms with Crippen LogP contribution < -0.4 is 11.3 Å². The summed E-state index contributed by atoms with van der Waals surface area (Å²) >= 11 is 3.23. The van der Waals surface area contributed by atoms with Crippen molar-refractivity contribution in [3.8, 4) is 0 Å². The highest BCUT2D eigenvalue weighted by atomic mass is 79.9. The molecule has 1 aromatic rings. The number of nitrogens with one attached hydrogen (secondary N) is 1. The zero-order valence-electron chi connectivity index (χ0n) is 10.6. The van der Waals surface area contributed by atoms with E-state index in [4.69, 9.17) is 5.84 Å². The van der Waals surface area contributed by atoms with Crippen molar-refractivity contribution in [3.63, 3.8) is 0 Å². The fourth-order valence-electron chi connectivity index (χ4n) is 3.03. The monoisotopic (exact) mass is 314 g/mol. The van der Waals surface area contributed by atoms with Gasteiger partial charge in [0.15, 0.2) is 0 Å². The fourth-order valence-corrected chi connectivity index (χ4v) is 3.41. The molecule has 0 radical (unpaired) electrons. The first-order valence-corrected chi connectivity index (χ1v) is 7.36. The molecule has 2 rings (SSSR count). The van der Waals surface area contributed by atoms with Crippen molar-refractivity contribution in [3.05, 3.63) is 34.1 Å². The number of benzene rings is 1. The van der Waals surface area contributed by atoms with Gasteiger partial charge in [-0.05, 0) is 46.7 Å². The van der Waals surface area contributed by atoms with Crippen LogP contribution in [0, 0.1) is 17.7 Å². The van der Waals surface area contributed by atoms with E-state index in [1.807, 2.05) is 12.1 Å². The fraction of sp³-hybridized carbons (Fsp3) is 0.571. The number of hydrogen-bond acceptors (Lipinski definition) is 2. The Morgan fingerprint density at radius 3 is 2.89 bits per heavy atom. The van der Waals surface area contributed by atoms with Crippen LogP contribution in [0.4, 0.5) is 4.39 Å². The number of rotatable bonds is 4. The first kappa shape index (κ1) is 14.0. The number of hydrazine groups is 1. The van der Waals surface area contributed by atoms with Gasteiger partial charge in [0.05, 0.1) is 10.5 Å². The van der Waals surface area contributed by atoms with Crippen molar-refractivity contribution < 1.29 is 4.39 Å². The molecular weight excluding hydrogens is 295 g/mol. The van der Waals surface area contributed by atoms with Gasteiger partial charge in [-0.1, -0.05) is 31.9 Å². The Labute approximate surface area is 116 Å². The molecule has 1 saturated carbocycles. The Kier molecular flexibility index (Phi) is 4.76. The zero-order valence-corrected chi connectivity index (χ0v) is 12.2. The van der Waals surface area contributed by atoms with Crippen LogP contribution in [0.5, 0.6) is 0 Å². The van der Waals surface area contributed by atoms with E-state index in [0.29, 0.717) is 16.0 Å². The van der Waals surface area contributed by atoms with E-state index in [1.165, 1.54) is 12.8 Å². The van der Waals surface area contributed by atoms with E-state index in [2.05, 4.69) is 28.3 Å². The predicted molar refractivity (Wildman–Crippen MR) is 75.3 cm³/mol. The second-order valence-corrected chi connectivity index (χ2v) is 5.99. The molecule has 1 aliphatic carbocycles. The van der Waals surface area contributed by atoms with E-state index < -0.39 is 0 Å². The second kappa shape index (κ2) is 6.13. The second-order valence-electron chi connectivity index (χ2n) is 5.13. The lowest BCUT2D eigenvalue weighted by Gasteiger charge is -2.24. The lowest BCUT2D eigenvalue weighted by molar-refractivity contribution is 0.348. The molecule has 3 unspecified atom stereocenters. The Balaban J connectivity index is 2.21. The molecule has 0 saturated heterocycles. The van der Waals surface area contributed by atoms with Gasteiger partial charge >= 0.3 is 0 Å². The summed E-state index contributed by atoms with van der Waals surface area (Å²) in [7, 11) is 0. The minimum Gasteiger partial charge on any atom is -0.271 e. The minimum atomic E-state index is -0.194. The number of hydrogen-bond donors (Lipinski definition) is 2. The molecule has 0 spiro atoms. The number of halogens is 2. The maximum absolute atomic E-state index is 14.1. The van der Waals surface area contributed by atoms with Gasteiger partial charge in [0.2, 0.25) is 0 Å². The normalized spacial score (nSPS) is 25.3. The number of nitrogens with two attached hydrogens (primary N) is 1. The molecular formula is C14H20BrFN2. The summed E-state index contributed by atoms with van der Waals surface area (Å²) in [6, 6.07) is 5.32. The molecule has 0 aliphatic heterocycles. The molecule has 0 amide bonds. The average Bonchev–Trinajstić information content (AvgIpc) is 2.84. The third kappa shape index (κ3) is 2.76. The quantitative estimate of drug-likeness (QED) is 0.653. The molecule has 1 aliphatic rings. The van der Waals surface area contributed by atoms with Gasteiger partial charge in [0, 0.05) is 5.56 Å². The Morgan fingerprint density at radius 2 is 2.28 bits per heavy atom. The van der Waals surface area contributed by atoms with Gasteiger partial charge in [0.25, 0.3) is 0 Å². The largest absolute Gasteiger partial charge is 0.271 e. The lowest BCUT2D eigenvalue weighted by Crippen LogP contribution is -2.33. The van der Waals surface area contributed by atoms with Crippen LogP contribution in [0.15, 0.2) is 22.7 Å². The SMILES string of the molecule is CCC1CCC(C(NN)c2cccc(Br)c2F)C1. The van der Waals surface area contributed by atoms with E-state index in [-0.39, 0.29) is 11.9 Å². The van der Waals surface area contributed by atoms with Crippen molar-refractivity contribution in [2.45, 2.75) is 38.6 Å². The highest BCUT2D eigenvalue weighted by molar-refractivity contribution is 9.10. The van der Waals surface area contributed by atoms with Crippen molar-refractivity contribution in [2.75, 3.05) is 0 Å². The third-order valence-electron chi connectivity index (χ3n) is 4.13. The van der Waals surface area contributed by atoms with Gasteiger partial charge in [-0.25, -0.2) is 4.39 Å². The molecule has 4 heteroatoms. The van der Waals surface area contributed by atoms with E-state index >= 15 is 0 Å². The van der Waals surface area contributed by atoms with E-state index in [1.54, 1.807) is 6.07 Å². The molecule has 2 nitrogen and oxygen atoms in total. The molecule has 3 atom stereocenters. The van der Waals surface area contributed by atoms with Gasteiger partial charge in [0.1, 0.15) is 5.82 Å². The van der Waals surface area contributed by atoms with Crippen LogP contribution in [-0.2, 0) is 0 Å². The summed E-state index contributed by atoms with van der Waals surface area (Å²) in [5.41, 5.74) is 3.49. The molecule has 1 aromatic carbocycles. The summed E-state index contributed by atoms with van der Waals surface area (Å²) in [6.07, 6.45) is 4.69. The molecule has 1 fully saturated rings. The van der Waals surface area contributed by atoms with Crippen LogP contribution in [0.3, 0.4) is 0 Å². The first-order valence-electron chi connectivity index (χ1n) is 6.57. The van der Waals surface area contributed by atoms with Crippen molar-refractivity contribution in [1.29, 1.82) is 0 Å². The lowest BCUT2D eigenvalue weighted by atomic mass is 9.90. The van der Waals surface area contributed by atoms with Crippen molar-refractivity contribution >= 4 is 15.9 Å². The summed E-state index contributed by atoms with van der Waals surface area (Å²) in [5, 5.41) is 0. The predicted octanol–water partition coefficient (Wildman–Crippen LogP) is 3.92. The van der Waals surface area contributed by atoms with Crippen LogP contribution in [0.2, 0.25) is 0 Å².